The number of oxime groups is 1. The number of benzene rings is 2. The molecule has 7 N–H and O–H groups in total. The number of hydrogen-bond acceptors (Lipinski definition) is 12. The molecule has 1 fully saturated rings. The lowest BCUT2D eigenvalue weighted by Crippen LogP contribution is -2.52. The summed E-state index contributed by atoms with van der Waals surface area (Å²) in [5.41, 5.74) is 3.14. The van der Waals surface area contributed by atoms with Crippen molar-refractivity contribution >= 4 is 17.3 Å². The summed E-state index contributed by atoms with van der Waals surface area (Å²) in [4.78, 5) is 27.2. The number of nitrogens with zero attached hydrogens (tertiary/aromatic N) is 1. The molecule has 0 spiro atoms. The number of phenolic OH excluding ortho intramolecular Hbond substituents is 2. The Kier molecular flexibility index (Phi) is 6.64. The summed E-state index contributed by atoms with van der Waals surface area (Å²) in [5.74, 6) is -2.51. The maximum Gasteiger partial charge on any atom is 0.202 e. The number of rotatable bonds is 4. The van der Waals surface area contributed by atoms with Crippen LogP contribution in [0.3, 0.4) is 0 Å². The van der Waals surface area contributed by atoms with E-state index >= 15 is 0 Å². The van der Waals surface area contributed by atoms with E-state index < -0.39 is 70.4 Å². The normalized spacial score (nSPS) is 30.4. The van der Waals surface area contributed by atoms with E-state index in [4.69, 9.17) is 19.9 Å². The van der Waals surface area contributed by atoms with E-state index in [1.807, 2.05) is 0 Å². The molecule has 208 valence electrons. The quantitative estimate of drug-likeness (QED) is 0.120. The van der Waals surface area contributed by atoms with Gasteiger partial charge in [0, 0.05) is 42.0 Å². The Labute approximate surface area is 223 Å². The third-order valence-electron chi connectivity index (χ3n) is 7.97. The summed E-state index contributed by atoms with van der Waals surface area (Å²) in [6.07, 6.45) is -4.34. The van der Waals surface area contributed by atoms with Crippen LogP contribution in [-0.2, 0) is 15.9 Å². The van der Waals surface area contributed by atoms with Gasteiger partial charge in [-0.15, -0.1) is 0 Å². The minimum Gasteiger partial charge on any atom is -0.507 e. The van der Waals surface area contributed by atoms with Gasteiger partial charge in [0.25, 0.3) is 0 Å². The summed E-state index contributed by atoms with van der Waals surface area (Å²) in [6, 6.07) is 3.77. The zero-order chi connectivity index (χ0) is 28.4. The molecule has 0 radical (unpaired) electrons. The maximum atomic E-state index is 13.7. The molecule has 2 aromatic rings. The molecule has 39 heavy (non-hydrogen) atoms. The molecule has 5 rings (SSSR count). The summed E-state index contributed by atoms with van der Waals surface area (Å²) < 4.78 is 17.2. The van der Waals surface area contributed by atoms with Crippen molar-refractivity contribution in [1.82, 2.24) is 0 Å². The highest BCUT2D eigenvalue weighted by Crippen LogP contribution is 2.52. The molecule has 1 heterocycles. The highest BCUT2D eigenvalue weighted by Gasteiger charge is 2.49. The number of fused-ring (bicyclic) bond motifs is 3. The zero-order valence-electron chi connectivity index (χ0n) is 21.5. The van der Waals surface area contributed by atoms with E-state index in [1.54, 1.807) is 6.92 Å². The lowest BCUT2D eigenvalue weighted by atomic mass is 9.72. The molecular weight excluding hydrogens is 512 g/mol. The van der Waals surface area contributed by atoms with E-state index in [0.717, 1.165) is 0 Å². The third kappa shape index (κ3) is 4.07. The minimum absolute atomic E-state index is 0.00869. The average molecular weight is 543 g/mol. The van der Waals surface area contributed by atoms with E-state index in [1.165, 1.54) is 32.2 Å². The average Bonchev–Trinajstić information content (AvgIpc) is 2.90. The second-order valence-electron chi connectivity index (χ2n) is 10.3. The van der Waals surface area contributed by atoms with Gasteiger partial charge in [-0.05, 0) is 19.9 Å². The molecule has 1 unspecified atom stereocenters. The molecule has 0 saturated carbocycles. The van der Waals surface area contributed by atoms with E-state index in [9.17, 15) is 35.2 Å². The second-order valence-corrected chi connectivity index (χ2v) is 10.3. The molecule has 0 amide bonds. The number of carbonyl (C=O) groups excluding carboxylic acids is 2. The fourth-order valence-corrected chi connectivity index (χ4v) is 5.76. The lowest BCUT2D eigenvalue weighted by Gasteiger charge is -2.42. The zero-order valence-corrected chi connectivity index (χ0v) is 21.5. The number of aliphatic hydroxyl groups is 2. The third-order valence-corrected chi connectivity index (χ3v) is 7.97. The molecular formula is C27H30N2O10. The van der Waals surface area contributed by atoms with Gasteiger partial charge in [0.1, 0.15) is 22.8 Å². The minimum atomic E-state index is -1.85. The van der Waals surface area contributed by atoms with Gasteiger partial charge in [0.05, 0.1) is 47.8 Å². The van der Waals surface area contributed by atoms with Crippen molar-refractivity contribution in [2.45, 2.75) is 69.4 Å². The standard InChI is InChI=1S/C27H30N2O10/c1-10-22(30)14(28)7-17(38-10)39-16-9-27(35,11(2)29-36)8-13-19(16)26(34)21-20(24(13)32)23(31)12-5-4-6-15(37-3)18(12)25(21)33/h4-6,10,14,16-17,22,30,32,34-36H,7-9,28H2,1-3H3/b29-11+/t10-,14-,16-,17?,22+,27-/m0/s1. The number of aromatic hydroxyl groups is 2. The van der Waals surface area contributed by atoms with Crippen molar-refractivity contribution in [3.8, 4) is 17.2 Å². The number of carbonyl (C=O) groups is 2. The van der Waals surface area contributed by atoms with Crippen molar-refractivity contribution in [3.63, 3.8) is 0 Å². The first-order valence-corrected chi connectivity index (χ1v) is 12.5. The van der Waals surface area contributed by atoms with Crippen LogP contribution < -0.4 is 10.5 Å². The number of methoxy groups -OCH3 is 1. The van der Waals surface area contributed by atoms with Crippen LogP contribution in [0.1, 0.15) is 75.8 Å². The van der Waals surface area contributed by atoms with Crippen LogP contribution in [0.25, 0.3) is 0 Å². The smallest absolute Gasteiger partial charge is 0.202 e. The van der Waals surface area contributed by atoms with Gasteiger partial charge in [0.15, 0.2) is 12.1 Å². The van der Waals surface area contributed by atoms with Crippen molar-refractivity contribution in [1.29, 1.82) is 0 Å². The summed E-state index contributed by atoms with van der Waals surface area (Å²) >= 11 is 0. The SMILES string of the molecule is COc1cccc2c1C(=O)c1c(O)c3c(c(O)c1C2=O)C[C@@](O)(/C(C)=N/O)C[C@@H]3OC1C[C@H](N)[C@H](O)[C@H](C)O1. The topological polar surface area (TPSA) is 201 Å². The van der Waals surface area contributed by atoms with Crippen LogP contribution in [-0.4, -0.2) is 80.2 Å². The number of hydrogen-bond donors (Lipinski definition) is 6. The van der Waals surface area contributed by atoms with Crippen LogP contribution in [0.2, 0.25) is 0 Å². The van der Waals surface area contributed by atoms with Crippen molar-refractivity contribution in [2.75, 3.05) is 7.11 Å². The first-order chi connectivity index (χ1) is 18.4. The van der Waals surface area contributed by atoms with Crippen LogP contribution in [0.5, 0.6) is 17.2 Å². The van der Waals surface area contributed by atoms with Gasteiger partial charge in [0.2, 0.25) is 5.78 Å². The van der Waals surface area contributed by atoms with E-state index in [-0.39, 0.29) is 53.0 Å². The van der Waals surface area contributed by atoms with Gasteiger partial charge in [-0.3, -0.25) is 9.59 Å². The molecule has 12 nitrogen and oxygen atoms in total. The maximum absolute atomic E-state index is 13.7. The fraction of sp³-hybridized carbons (Fsp3) is 0.444. The van der Waals surface area contributed by atoms with Gasteiger partial charge >= 0.3 is 0 Å². The van der Waals surface area contributed by atoms with Crippen LogP contribution in [0.15, 0.2) is 23.4 Å². The lowest BCUT2D eigenvalue weighted by molar-refractivity contribution is -0.245. The molecule has 12 heteroatoms. The Balaban J connectivity index is 1.69. The number of phenols is 2. The first kappa shape index (κ1) is 27.0. The summed E-state index contributed by atoms with van der Waals surface area (Å²) in [7, 11) is 1.34. The number of nitrogens with two attached hydrogens (primary N) is 1. The molecule has 1 saturated heterocycles. The summed E-state index contributed by atoms with van der Waals surface area (Å²) in [5, 5.41) is 57.1. The molecule has 1 aliphatic heterocycles. The number of ketones is 2. The predicted octanol–water partition coefficient (Wildman–Crippen LogP) is 1.29. The monoisotopic (exact) mass is 542 g/mol. The highest BCUT2D eigenvalue weighted by molar-refractivity contribution is 6.31. The van der Waals surface area contributed by atoms with Crippen LogP contribution >= 0.6 is 0 Å². The number of aliphatic hydroxyl groups excluding tert-OH is 1. The van der Waals surface area contributed by atoms with Gasteiger partial charge in [-0.1, -0.05) is 17.3 Å². The molecule has 2 aliphatic carbocycles. The highest BCUT2D eigenvalue weighted by atomic mass is 16.7. The molecule has 0 bridgehead atoms. The van der Waals surface area contributed by atoms with Crippen molar-refractivity contribution < 1.29 is 49.4 Å². The largest absolute Gasteiger partial charge is 0.507 e. The van der Waals surface area contributed by atoms with Crippen molar-refractivity contribution in [3.05, 3.63) is 51.6 Å². The Morgan fingerprint density at radius 2 is 1.85 bits per heavy atom. The van der Waals surface area contributed by atoms with E-state index in [2.05, 4.69) is 5.16 Å². The number of ether oxygens (including phenoxy) is 3. The Hall–Kier alpha value is -3.55. The van der Waals surface area contributed by atoms with Gasteiger partial charge in [-0.2, -0.15) is 0 Å². The Morgan fingerprint density at radius 3 is 2.49 bits per heavy atom. The Morgan fingerprint density at radius 1 is 1.15 bits per heavy atom. The van der Waals surface area contributed by atoms with Crippen molar-refractivity contribution in [2.24, 2.45) is 10.9 Å². The summed E-state index contributed by atoms with van der Waals surface area (Å²) in [6.45, 7) is 2.99. The van der Waals surface area contributed by atoms with E-state index in [0.29, 0.717) is 0 Å². The molecule has 0 aromatic heterocycles. The molecule has 3 aliphatic rings. The first-order valence-electron chi connectivity index (χ1n) is 12.5. The Bertz CT molecular complexity index is 1390. The van der Waals surface area contributed by atoms with Gasteiger partial charge in [-0.25, -0.2) is 0 Å². The molecule has 2 aromatic carbocycles. The fourth-order valence-electron chi connectivity index (χ4n) is 5.76. The van der Waals surface area contributed by atoms with Crippen LogP contribution in [0.4, 0.5) is 0 Å². The molecule has 6 atom stereocenters. The van der Waals surface area contributed by atoms with Gasteiger partial charge < -0.3 is 45.6 Å². The predicted molar refractivity (Wildman–Crippen MR) is 135 cm³/mol. The second kappa shape index (κ2) is 9.57. The van der Waals surface area contributed by atoms with Crippen LogP contribution in [0, 0.1) is 0 Å².